The van der Waals surface area contributed by atoms with E-state index in [2.05, 4.69) is 5.73 Å². The fourth-order valence-corrected chi connectivity index (χ4v) is 0.0983. The quantitative estimate of drug-likeness (QED) is 0.182. The first-order valence-electron chi connectivity index (χ1n) is 1.76. The Morgan fingerprint density at radius 2 is 2.11 bits per heavy atom. The van der Waals surface area contributed by atoms with Crippen LogP contribution in [0.4, 0.5) is 8.78 Å². The molecule has 0 heterocycles. The fourth-order valence-electron chi connectivity index (χ4n) is 0.0983. The summed E-state index contributed by atoms with van der Waals surface area (Å²) in [6.07, 6.45) is 0. The smallest absolute Gasteiger partial charge is 0.376 e. The van der Waals surface area contributed by atoms with Crippen molar-refractivity contribution in [2.75, 3.05) is 0 Å². The van der Waals surface area contributed by atoms with Gasteiger partial charge in [-0.25, -0.2) is 0 Å². The Kier molecular flexibility index (Phi) is 1.65. The first-order valence-corrected chi connectivity index (χ1v) is 1.76. The Morgan fingerprint density at radius 3 is 2.11 bits per heavy atom. The lowest BCUT2D eigenvalue weighted by Crippen LogP contribution is -2.41. The highest BCUT2D eigenvalue weighted by atomic mass is 19.3. The number of nitrogens with one attached hydrogen (secondary N) is 1. The van der Waals surface area contributed by atoms with Gasteiger partial charge in [-0.3, -0.25) is 15.5 Å². The zero-order chi connectivity index (χ0) is 7.65. The van der Waals surface area contributed by atoms with E-state index in [0.29, 0.717) is 0 Å². The standard InChI is InChI=1S/C2H3F2N3O2/c3-2(4,1(5)6)7(8)9/h(H3,5,6). The number of nitrogens with zero attached hydrogens (tertiary/aromatic N) is 1. The van der Waals surface area contributed by atoms with Crippen molar-refractivity contribution in [3.05, 3.63) is 10.1 Å². The third kappa shape index (κ3) is 1.31. The molecule has 0 aromatic carbocycles. The molecule has 52 valence electrons. The zero-order valence-electron chi connectivity index (χ0n) is 4.10. The lowest BCUT2D eigenvalue weighted by atomic mass is 10.5. The summed E-state index contributed by atoms with van der Waals surface area (Å²) in [5.41, 5.74) is 4.16. The number of rotatable bonds is 2. The van der Waals surface area contributed by atoms with E-state index < -0.39 is 16.8 Å². The fraction of sp³-hybridized carbons (Fsp3) is 0.500. The van der Waals surface area contributed by atoms with Crippen molar-refractivity contribution in [3.8, 4) is 0 Å². The average molecular weight is 139 g/mol. The molecule has 0 rings (SSSR count). The van der Waals surface area contributed by atoms with E-state index in [9.17, 15) is 18.9 Å². The van der Waals surface area contributed by atoms with Gasteiger partial charge in [-0.15, -0.1) is 8.78 Å². The molecule has 0 spiro atoms. The molecule has 9 heavy (non-hydrogen) atoms. The minimum atomic E-state index is -4.42. The van der Waals surface area contributed by atoms with E-state index in [1.807, 2.05) is 0 Å². The molecule has 0 bridgehead atoms. The van der Waals surface area contributed by atoms with E-state index in [4.69, 9.17) is 5.41 Å². The molecular weight excluding hydrogens is 136 g/mol. The second-order valence-corrected chi connectivity index (χ2v) is 1.21. The minimum absolute atomic E-state index is 1.76. The molecule has 0 aromatic heterocycles. The number of halogens is 2. The molecule has 7 heteroatoms. The summed E-state index contributed by atoms with van der Waals surface area (Å²) in [6, 6.07) is -4.42. The van der Waals surface area contributed by atoms with E-state index in [0.717, 1.165) is 0 Å². The molecular formula is C2H3F2N3O2. The summed E-state index contributed by atoms with van der Waals surface area (Å²) < 4.78 is 23.2. The predicted molar refractivity (Wildman–Crippen MR) is 23.9 cm³/mol. The van der Waals surface area contributed by atoms with Crippen LogP contribution in [-0.4, -0.2) is 16.8 Å². The second kappa shape index (κ2) is 1.92. The van der Waals surface area contributed by atoms with Crippen molar-refractivity contribution in [2.45, 2.75) is 6.05 Å². The van der Waals surface area contributed by atoms with Crippen molar-refractivity contribution < 1.29 is 13.7 Å². The average Bonchev–Trinajstić information content (AvgIpc) is 1.65. The molecule has 0 atom stereocenters. The SMILES string of the molecule is N=C(N)C(F)(F)[N+](=O)[O-]. The third-order valence-electron chi connectivity index (χ3n) is 0.553. The highest BCUT2D eigenvalue weighted by Gasteiger charge is 2.48. The summed E-state index contributed by atoms with van der Waals surface area (Å²) in [6.45, 7) is 0. The lowest BCUT2D eigenvalue weighted by Gasteiger charge is -2.01. The van der Waals surface area contributed by atoms with Gasteiger partial charge in [0.25, 0.3) is 0 Å². The number of hydrogen-bond acceptors (Lipinski definition) is 3. The number of hydrogen-bond donors (Lipinski definition) is 2. The van der Waals surface area contributed by atoms with Gasteiger partial charge in [0.15, 0.2) is 0 Å². The Bertz CT molecular complexity index is 140. The monoisotopic (exact) mass is 139 g/mol. The van der Waals surface area contributed by atoms with Crippen LogP contribution in [0.3, 0.4) is 0 Å². The van der Waals surface area contributed by atoms with Crippen molar-refractivity contribution in [2.24, 2.45) is 5.73 Å². The van der Waals surface area contributed by atoms with Crippen molar-refractivity contribution in [1.82, 2.24) is 0 Å². The Balaban J connectivity index is 4.38. The van der Waals surface area contributed by atoms with Gasteiger partial charge in [0.05, 0.1) is 0 Å². The van der Waals surface area contributed by atoms with Gasteiger partial charge in [-0.05, 0) is 0 Å². The van der Waals surface area contributed by atoms with Crippen LogP contribution in [0.2, 0.25) is 0 Å². The topological polar surface area (TPSA) is 93.0 Å². The van der Waals surface area contributed by atoms with E-state index in [-0.39, 0.29) is 0 Å². The van der Waals surface area contributed by atoms with Crippen molar-refractivity contribution in [3.63, 3.8) is 0 Å². The highest BCUT2D eigenvalue weighted by Crippen LogP contribution is 2.11. The number of nitrogens with two attached hydrogens (primary N) is 1. The van der Waals surface area contributed by atoms with Crippen LogP contribution in [-0.2, 0) is 0 Å². The lowest BCUT2D eigenvalue weighted by molar-refractivity contribution is -0.617. The van der Waals surface area contributed by atoms with Gasteiger partial charge in [0.1, 0.15) is 4.92 Å². The maximum atomic E-state index is 11.6. The molecule has 5 nitrogen and oxygen atoms in total. The van der Waals surface area contributed by atoms with Gasteiger partial charge < -0.3 is 5.73 Å². The van der Waals surface area contributed by atoms with Gasteiger partial charge in [0, 0.05) is 0 Å². The summed E-state index contributed by atoms with van der Waals surface area (Å²) in [7, 11) is 0. The van der Waals surface area contributed by atoms with Crippen LogP contribution in [0.15, 0.2) is 0 Å². The molecule has 0 saturated carbocycles. The number of alkyl halides is 2. The van der Waals surface area contributed by atoms with Crippen LogP contribution in [0.5, 0.6) is 0 Å². The molecule has 0 aromatic rings. The first kappa shape index (κ1) is 7.73. The Labute approximate surface area is 48.1 Å². The molecule has 0 radical (unpaired) electrons. The summed E-state index contributed by atoms with van der Waals surface area (Å²) in [5, 5.41) is 15.3. The molecule has 3 N–H and O–H groups in total. The van der Waals surface area contributed by atoms with Crippen molar-refractivity contribution >= 4 is 5.84 Å². The third-order valence-corrected chi connectivity index (χ3v) is 0.553. The first-order chi connectivity index (χ1) is 3.89. The maximum Gasteiger partial charge on any atom is 0.571 e. The van der Waals surface area contributed by atoms with Crippen LogP contribution in [0.1, 0.15) is 0 Å². The van der Waals surface area contributed by atoms with Crippen LogP contribution in [0.25, 0.3) is 0 Å². The normalized spacial score (nSPS) is 10.9. The molecule has 0 saturated heterocycles. The van der Waals surface area contributed by atoms with Gasteiger partial charge >= 0.3 is 6.05 Å². The Hall–Kier alpha value is -1.27. The van der Waals surface area contributed by atoms with Gasteiger partial charge in [-0.1, -0.05) is 0 Å². The zero-order valence-corrected chi connectivity index (χ0v) is 4.10. The second-order valence-electron chi connectivity index (χ2n) is 1.21. The van der Waals surface area contributed by atoms with E-state index in [1.165, 1.54) is 0 Å². The molecule has 0 aliphatic heterocycles. The van der Waals surface area contributed by atoms with Gasteiger partial charge in [-0.2, -0.15) is 0 Å². The molecule has 0 fully saturated rings. The summed E-state index contributed by atoms with van der Waals surface area (Å²) in [5.74, 6) is -1.76. The van der Waals surface area contributed by atoms with E-state index in [1.54, 1.807) is 0 Å². The summed E-state index contributed by atoms with van der Waals surface area (Å²) in [4.78, 5) is 7.38. The van der Waals surface area contributed by atoms with E-state index >= 15 is 0 Å². The number of nitro groups is 1. The van der Waals surface area contributed by atoms with Crippen LogP contribution in [0, 0.1) is 15.5 Å². The van der Waals surface area contributed by atoms with Crippen LogP contribution < -0.4 is 5.73 Å². The van der Waals surface area contributed by atoms with Crippen molar-refractivity contribution in [1.29, 1.82) is 5.41 Å². The highest BCUT2D eigenvalue weighted by molar-refractivity contribution is 5.82. The molecule has 0 amide bonds. The molecule has 0 aliphatic rings. The maximum absolute atomic E-state index is 11.6. The summed E-state index contributed by atoms with van der Waals surface area (Å²) >= 11 is 0. The Morgan fingerprint density at radius 1 is 1.78 bits per heavy atom. The molecule has 0 unspecified atom stereocenters. The number of amidine groups is 1. The predicted octanol–water partition coefficient (Wildman–Crippen LogP) is -0.208. The van der Waals surface area contributed by atoms with Gasteiger partial charge in [0.2, 0.25) is 5.84 Å². The minimum Gasteiger partial charge on any atom is -0.376 e. The molecule has 0 aliphatic carbocycles. The van der Waals surface area contributed by atoms with Crippen LogP contribution >= 0.6 is 0 Å². The largest absolute Gasteiger partial charge is 0.571 e.